The van der Waals surface area contributed by atoms with E-state index in [0.717, 1.165) is 41.4 Å². The second-order valence-electron chi connectivity index (χ2n) is 7.85. The highest BCUT2D eigenvalue weighted by Crippen LogP contribution is 2.25. The summed E-state index contributed by atoms with van der Waals surface area (Å²) >= 11 is 0. The van der Waals surface area contributed by atoms with E-state index in [1.807, 2.05) is 18.2 Å². The Morgan fingerprint density at radius 3 is 2.88 bits per heavy atom. The maximum atomic E-state index is 12.6. The third-order valence-electron chi connectivity index (χ3n) is 5.46. The molecule has 0 saturated heterocycles. The number of imidazole rings is 1. The Bertz CT molecular complexity index is 1200. The van der Waals surface area contributed by atoms with E-state index in [9.17, 15) is 9.59 Å². The van der Waals surface area contributed by atoms with Gasteiger partial charge in [-0.25, -0.2) is 9.67 Å². The van der Waals surface area contributed by atoms with Crippen LogP contribution in [0.5, 0.6) is 0 Å². The Hall–Kier alpha value is -4.02. The first-order chi connectivity index (χ1) is 16.1. The Balaban J connectivity index is 1.44. The van der Waals surface area contributed by atoms with Gasteiger partial charge in [0.1, 0.15) is 12.4 Å². The smallest absolute Gasteiger partial charge is 0.242 e. The Kier molecular flexibility index (Phi) is 7.08. The van der Waals surface area contributed by atoms with E-state index in [1.54, 1.807) is 25.6 Å². The molecule has 0 aliphatic heterocycles. The van der Waals surface area contributed by atoms with Crippen molar-refractivity contribution in [3.8, 4) is 11.3 Å². The molecule has 3 heterocycles. The minimum absolute atomic E-state index is 0.0398. The van der Waals surface area contributed by atoms with Crippen molar-refractivity contribution in [3.63, 3.8) is 0 Å². The van der Waals surface area contributed by atoms with Gasteiger partial charge in [-0.2, -0.15) is 5.10 Å². The third kappa shape index (κ3) is 5.82. The molecule has 0 spiro atoms. The number of nitrogens with zero attached hydrogens (tertiary/aromatic N) is 5. The van der Waals surface area contributed by atoms with Gasteiger partial charge in [-0.15, -0.1) is 5.10 Å². The molecule has 2 amide bonds. The molecule has 3 aromatic heterocycles. The predicted octanol–water partition coefficient (Wildman–Crippen LogP) is 2.10. The lowest BCUT2D eigenvalue weighted by molar-refractivity contribution is -0.123. The van der Waals surface area contributed by atoms with Gasteiger partial charge in [0.25, 0.3) is 0 Å². The van der Waals surface area contributed by atoms with Crippen LogP contribution in [0, 0.1) is 0 Å². The summed E-state index contributed by atoms with van der Waals surface area (Å²) in [5.74, 6) is 0.558. The Morgan fingerprint density at radius 2 is 2.06 bits per heavy atom. The number of benzene rings is 1. The number of hydrogen-bond acceptors (Lipinski definition) is 6. The van der Waals surface area contributed by atoms with Crippen LogP contribution in [0.1, 0.15) is 44.0 Å². The molecule has 33 heavy (non-hydrogen) atoms. The minimum Gasteiger partial charge on any atom is -0.359 e. The number of unbranched alkanes of at least 4 members (excludes halogenated alkanes) is 2. The molecule has 1 aromatic carbocycles. The number of aromatic nitrogens is 7. The monoisotopic (exact) mass is 449 g/mol. The van der Waals surface area contributed by atoms with E-state index >= 15 is 0 Å². The molecule has 4 rings (SSSR count). The summed E-state index contributed by atoms with van der Waals surface area (Å²) < 4.78 is 1.48. The van der Waals surface area contributed by atoms with Crippen LogP contribution >= 0.6 is 0 Å². The first kappa shape index (κ1) is 22.2. The summed E-state index contributed by atoms with van der Waals surface area (Å²) in [6, 6.07) is 5.72. The number of H-pyrrole nitrogens is 2. The predicted molar refractivity (Wildman–Crippen MR) is 122 cm³/mol. The lowest BCUT2D eigenvalue weighted by atomic mass is 10.1. The molecule has 0 aliphatic rings. The topological polar surface area (TPSA) is 146 Å². The second kappa shape index (κ2) is 10.5. The van der Waals surface area contributed by atoms with Gasteiger partial charge in [-0.1, -0.05) is 24.1 Å². The lowest BCUT2D eigenvalue weighted by Crippen LogP contribution is -2.32. The first-order valence-corrected chi connectivity index (χ1v) is 10.9. The van der Waals surface area contributed by atoms with Crippen LogP contribution in [-0.2, 0) is 16.1 Å². The van der Waals surface area contributed by atoms with Crippen LogP contribution in [0.25, 0.3) is 22.2 Å². The standard InChI is InChI=1S/C22H27N9O2/c1-23-20(32)6-4-2-3-5-18(27-21(33)14-31-10-9-25-30-31)22-24-13-19(28-22)15-7-8-17-16(11-15)12-26-29-17/h7-13,18H,2-6,14H2,1H3,(H,23,32)(H,24,28)(H,26,29)(H,27,33). The average molecular weight is 450 g/mol. The zero-order valence-corrected chi connectivity index (χ0v) is 18.4. The zero-order valence-electron chi connectivity index (χ0n) is 18.4. The molecule has 0 bridgehead atoms. The van der Waals surface area contributed by atoms with Crippen molar-refractivity contribution in [1.29, 1.82) is 0 Å². The fraction of sp³-hybridized carbons (Fsp3) is 0.364. The number of aromatic amines is 2. The maximum absolute atomic E-state index is 12.6. The number of carbonyl (C=O) groups is 2. The molecule has 1 unspecified atom stereocenters. The molecule has 11 nitrogen and oxygen atoms in total. The molecule has 0 fully saturated rings. The van der Waals surface area contributed by atoms with Crippen molar-refractivity contribution in [2.75, 3.05) is 7.05 Å². The fourth-order valence-electron chi connectivity index (χ4n) is 3.69. The quantitative estimate of drug-likeness (QED) is 0.258. The van der Waals surface area contributed by atoms with Crippen molar-refractivity contribution in [2.45, 2.75) is 44.7 Å². The number of nitrogens with one attached hydrogen (secondary N) is 4. The SMILES string of the molecule is CNC(=O)CCCCCC(NC(=O)Cn1ccnn1)c1ncc(-c2ccc3[nH]ncc3c2)[nH]1. The van der Waals surface area contributed by atoms with Crippen molar-refractivity contribution >= 4 is 22.7 Å². The third-order valence-corrected chi connectivity index (χ3v) is 5.46. The largest absolute Gasteiger partial charge is 0.359 e. The van der Waals surface area contributed by atoms with E-state index in [0.29, 0.717) is 18.7 Å². The molecule has 0 radical (unpaired) electrons. The lowest BCUT2D eigenvalue weighted by Gasteiger charge is -2.17. The van der Waals surface area contributed by atoms with Gasteiger partial charge in [0.05, 0.1) is 35.8 Å². The van der Waals surface area contributed by atoms with Gasteiger partial charge in [-0.05, 0) is 25.0 Å². The van der Waals surface area contributed by atoms with Gasteiger partial charge < -0.3 is 15.6 Å². The van der Waals surface area contributed by atoms with Crippen LogP contribution in [0.4, 0.5) is 0 Å². The van der Waals surface area contributed by atoms with E-state index in [1.165, 1.54) is 10.9 Å². The van der Waals surface area contributed by atoms with Crippen molar-refractivity contribution < 1.29 is 9.59 Å². The number of carbonyl (C=O) groups excluding carboxylic acids is 2. The second-order valence-corrected chi connectivity index (χ2v) is 7.85. The van der Waals surface area contributed by atoms with Gasteiger partial charge in [0.2, 0.25) is 11.8 Å². The molecular formula is C22H27N9O2. The molecule has 11 heteroatoms. The fourth-order valence-corrected chi connectivity index (χ4v) is 3.69. The summed E-state index contributed by atoms with van der Waals surface area (Å²) in [5.41, 5.74) is 2.82. The average Bonchev–Trinajstić information content (AvgIpc) is 3.59. The van der Waals surface area contributed by atoms with Crippen molar-refractivity contribution in [2.24, 2.45) is 0 Å². The molecule has 1 atom stereocenters. The van der Waals surface area contributed by atoms with Crippen LogP contribution in [0.15, 0.2) is 43.0 Å². The molecule has 172 valence electrons. The summed E-state index contributed by atoms with van der Waals surface area (Å²) in [6.07, 6.45) is 10.5. The van der Waals surface area contributed by atoms with Gasteiger partial charge in [0, 0.05) is 30.6 Å². The maximum Gasteiger partial charge on any atom is 0.242 e. The highest BCUT2D eigenvalue weighted by atomic mass is 16.2. The summed E-state index contributed by atoms with van der Waals surface area (Å²) in [7, 11) is 1.64. The summed E-state index contributed by atoms with van der Waals surface area (Å²) in [4.78, 5) is 31.9. The van der Waals surface area contributed by atoms with E-state index in [-0.39, 0.29) is 24.4 Å². The summed E-state index contributed by atoms with van der Waals surface area (Å²) in [6.45, 7) is 0.0812. The normalized spacial score (nSPS) is 12.0. The molecule has 4 aromatic rings. The van der Waals surface area contributed by atoms with Gasteiger partial charge in [-0.3, -0.25) is 14.7 Å². The molecule has 4 N–H and O–H groups in total. The van der Waals surface area contributed by atoms with Crippen LogP contribution in [0.3, 0.4) is 0 Å². The molecule has 0 saturated carbocycles. The molecule has 0 aliphatic carbocycles. The van der Waals surface area contributed by atoms with Crippen molar-refractivity contribution in [1.82, 2.24) is 45.8 Å². The molecular weight excluding hydrogens is 422 g/mol. The highest BCUT2D eigenvalue weighted by molar-refractivity contribution is 5.83. The Labute approximate surface area is 190 Å². The van der Waals surface area contributed by atoms with E-state index < -0.39 is 0 Å². The van der Waals surface area contributed by atoms with Crippen LogP contribution < -0.4 is 10.6 Å². The zero-order chi connectivity index (χ0) is 23.0. The number of fused-ring (bicyclic) bond motifs is 1. The Morgan fingerprint density at radius 1 is 1.15 bits per heavy atom. The van der Waals surface area contributed by atoms with Gasteiger partial charge >= 0.3 is 0 Å². The summed E-state index contributed by atoms with van der Waals surface area (Å²) in [5, 5.41) is 21.3. The number of hydrogen-bond donors (Lipinski definition) is 4. The highest BCUT2D eigenvalue weighted by Gasteiger charge is 2.19. The van der Waals surface area contributed by atoms with E-state index in [4.69, 9.17) is 0 Å². The minimum atomic E-state index is -0.285. The van der Waals surface area contributed by atoms with Crippen LogP contribution in [0.2, 0.25) is 0 Å². The number of amides is 2. The van der Waals surface area contributed by atoms with Crippen molar-refractivity contribution in [3.05, 3.63) is 48.8 Å². The number of rotatable bonds is 11. The van der Waals surface area contributed by atoms with E-state index in [2.05, 4.69) is 41.1 Å². The van der Waals surface area contributed by atoms with Crippen LogP contribution in [-0.4, -0.2) is 54.0 Å². The van der Waals surface area contributed by atoms with Gasteiger partial charge in [0.15, 0.2) is 0 Å². The first-order valence-electron chi connectivity index (χ1n) is 10.9.